The van der Waals surface area contributed by atoms with Crippen LogP contribution >= 0.6 is 0 Å². The lowest BCUT2D eigenvalue weighted by atomic mass is 10.1. The maximum atomic E-state index is 5.35. The van der Waals surface area contributed by atoms with Crippen LogP contribution in [0.1, 0.15) is 45.4 Å². The zero-order valence-electron chi connectivity index (χ0n) is 13.4. The van der Waals surface area contributed by atoms with Gasteiger partial charge in [-0.15, -0.1) is 0 Å². The van der Waals surface area contributed by atoms with Crippen molar-refractivity contribution in [2.75, 3.05) is 38.0 Å². The smallest absolute Gasteiger partial charge is 0.239 e. The zero-order chi connectivity index (χ0) is 14.8. The zero-order valence-corrected chi connectivity index (χ0v) is 13.4. The first kappa shape index (κ1) is 16.6. The Labute approximate surface area is 123 Å². The van der Waals surface area contributed by atoms with Crippen LogP contribution in [0.15, 0.2) is 12.3 Å². The van der Waals surface area contributed by atoms with Gasteiger partial charge >= 0.3 is 0 Å². The van der Waals surface area contributed by atoms with Crippen molar-refractivity contribution in [1.29, 1.82) is 0 Å². The predicted octanol–water partition coefficient (Wildman–Crippen LogP) is 3.93. The van der Waals surface area contributed by atoms with Crippen molar-refractivity contribution in [2.24, 2.45) is 0 Å². The summed E-state index contributed by atoms with van der Waals surface area (Å²) in [5.74, 6) is 0.669. The minimum atomic E-state index is 0.669. The number of pyridine rings is 1. The number of aromatic nitrogens is 1. The van der Waals surface area contributed by atoms with Crippen LogP contribution in [0, 0.1) is 0 Å². The Morgan fingerprint density at radius 1 is 1.15 bits per heavy atom. The van der Waals surface area contributed by atoms with Gasteiger partial charge < -0.3 is 15.0 Å². The molecule has 1 N–H and O–H groups in total. The predicted molar refractivity (Wildman–Crippen MR) is 87.0 cm³/mol. The topological polar surface area (TPSA) is 37.4 Å². The van der Waals surface area contributed by atoms with Gasteiger partial charge in [-0.25, -0.2) is 4.98 Å². The SMILES string of the molecule is CCCCCCCCNc1c(N(C)C)ccnc1OC. The number of nitrogens with zero attached hydrogens (tertiary/aromatic N) is 2. The van der Waals surface area contributed by atoms with E-state index in [1.807, 2.05) is 20.2 Å². The maximum absolute atomic E-state index is 5.35. The molecule has 1 aromatic heterocycles. The van der Waals surface area contributed by atoms with Gasteiger partial charge in [-0.1, -0.05) is 39.0 Å². The lowest BCUT2D eigenvalue weighted by Crippen LogP contribution is -2.14. The molecule has 0 saturated carbocycles. The lowest BCUT2D eigenvalue weighted by Gasteiger charge is -2.20. The van der Waals surface area contributed by atoms with Gasteiger partial charge in [-0.05, 0) is 12.5 Å². The van der Waals surface area contributed by atoms with Gasteiger partial charge in [0, 0.05) is 26.8 Å². The van der Waals surface area contributed by atoms with E-state index in [2.05, 4.69) is 22.1 Å². The second-order valence-electron chi connectivity index (χ2n) is 5.30. The van der Waals surface area contributed by atoms with E-state index < -0.39 is 0 Å². The maximum Gasteiger partial charge on any atom is 0.239 e. The van der Waals surface area contributed by atoms with E-state index in [-0.39, 0.29) is 0 Å². The van der Waals surface area contributed by atoms with E-state index in [1.54, 1.807) is 13.3 Å². The first-order chi connectivity index (χ1) is 9.70. The average molecular weight is 279 g/mol. The van der Waals surface area contributed by atoms with Gasteiger partial charge in [-0.3, -0.25) is 0 Å². The van der Waals surface area contributed by atoms with E-state index in [9.17, 15) is 0 Å². The Hall–Kier alpha value is -1.45. The molecule has 0 aliphatic rings. The normalized spacial score (nSPS) is 10.4. The molecule has 1 rings (SSSR count). The van der Waals surface area contributed by atoms with Crippen molar-refractivity contribution in [3.63, 3.8) is 0 Å². The number of hydrogen-bond donors (Lipinski definition) is 1. The summed E-state index contributed by atoms with van der Waals surface area (Å²) in [6.45, 7) is 3.22. The van der Waals surface area contributed by atoms with Gasteiger partial charge in [0.05, 0.1) is 12.8 Å². The fraction of sp³-hybridized carbons (Fsp3) is 0.688. The molecule has 0 radical (unpaired) electrons. The molecular weight excluding hydrogens is 250 g/mol. The number of nitrogens with one attached hydrogen (secondary N) is 1. The number of hydrogen-bond acceptors (Lipinski definition) is 4. The summed E-state index contributed by atoms with van der Waals surface area (Å²) >= 11 is 0. The number of ether oxygens (including phenoxy) is 1. The molecule has 1 aromatic rings. The van der Waals surface area contributed by atoms with Gasteiger partial charge in [0.1, 0.15) is 5.69 Å². The van der Waals surface area contributed by atoms with Crippen LogP contribution in [0.3, 0.4) is 0 Å². The average Bonchev–Trinajstić information content (AvgIpc) is 2.46. The van der Waals surface area contributed by atoms with Gasteiger partial charge in [0.15, 0.2) is 0 Å². The summed E-state index contributed by atoms with van der Waals surface area (Å²) in [7, 11) is 5.73. The Kier molecular flexibility index (Phi) is 7.85. The van der Waals surface area contributed by atoms with Crippen LogP contribution in [0.25, 0.3) is 0 Å². The summed E-state index contributed by atoms with van der Waals surface area (Å²) < 4.78 is 5.35. The molecule has 0 aliphatic heterocycles. The molecule has 0 amide bonds. The molecule has 0 aromatic carbocycles. The van der Waals surface area contributed by atoms with Crippen LogP contribution in [-0.4, -0.2) is 32.7 Å². The third-order valence-electron chi connectivity index (χ3n) is 3.40. The van der Waals surface area contributed by atoms with Crippen molar-refractivity contribution in [3.8, 4) is 5.88 Å². The lowest BCUT2D eigenvalue weighted by molar-refractivity contribution is 0.399. The molecule has 4 heteroatoms. The van der Waals surface area contributed by atoms with Crippen molar-refractivity contribution >= 4 is 11.4 Å². The fourth-order valence-electron chi connectivity index (χ4n) is 2.25. The number of rotatable bonds is 10. The monoisotopic (exact) mass is 279 g/mol. The Morgan fingerprint density at radius 3 is 2.50 bits per heavy atom. The van der Waals surface area contributed by atoms with E-state index in [4.69, 9.17) is 4.74 Å². The first-order valence-corrected chi connectivity index (χ1v) is 7.64. The largest absolute Gasteiger partial charge is 0.479 e. The summed E-state index contributed by atoms with van der Waals surface area (Å²) in [4.78, 5) is 6.35. The van der Waals surface area contributed by atoms with E-state index in [0.29, 0.717) is 5.88 Å². The van der Waals surface area contributed by atoms with E-state index >= 15 is 0 Å². The summed E-state index contributed by atoms with van der Waals surface area (Å²) in [5, 5.41) is 3.48. The molecule has 1 heterocycles. The van der Waals surface area contributed by atoms with Crippen LogP contribution in [-0.2, 0) is 0 Å². The number of anilines is 2. The van der Waals surface area contributed by atoms with Crippen LogP contribution < -0.4 is 15.0 Å². The summed E-state index contributed by atoms with van der Waals surface area (Å²) in [6, 6.07) is 2.01. The summed E-state index contributed by atoms with van der Waals surface area (Å²) in [6.07, 6.45) is 9.60. The molecule has 0 aliphatic carbocycles. The third kappa shape index (κ3) is 5.27. The third-order valence-corrected chi connectivity index (χ3v) is 3.40. The van der Waals surface area contributed by atoms with Crippen molar-refractivity contribution in [3.05, 3.63) is 12.3 Å². The fourth-order valence-corrected chi connectivity index (χ4v) is 2.25. The summed E-state index contributed by atoms with van der Waals surface area (Å²) in [5.41, 5.74) is 2.11. The molecule has 114 valence electrons. The molecule has 0 saturated heterocycles. The Morgan fingerprint density at radius 2 is 1.85 bits per heavy atom. The Balaban J connectivity index is 2.46. The molecule has 0 spiro atoms. The standard InChI is InChI=1S/C16H29N3O/c1-5-6-7-8-9-10-12-17-15-14(19(2)3)11-13-18-16(15)20-4/h11,13,17H,5-10,12H2,1-4H3. The molecule has 0 bridgehead atoms. The quantitative estimate of drug-likeness (QED) is 0.659. The van der Waals surface area contributed by atoms with E-state index in [1.165, 1.54) is 38.5 Å². The highest BCUT2D eigenvalue weighted by Gasteiger charge is 2.11. The molecule has 20 heavy (non-hydrogen) atoms. The number of methoxy groups -OCH3 is 1. The minimum absolute atomic E-state index is 0.669. The van der Waals surface area contributed by atoms with Crippen LogP contribution in [0.4, 0.5) is 11.4 Å². The first-order valence-electron chi connectivity index (χ1n) is 7.64. The van der Waals surface area contributed by atoms with Crippen molar-refractivity contribution in [1.82, 2.24) is 4.98 Å². The second-order valence-corrected chi connectivity index (χ2v) is 5.30. The molecule has 0 atom stereocenters. The van der Waals surface area contributed by atoms with Gasteiger partial charge in [0.2, 0.25) is 5.88 Å². The minimum Gasteiger partial charge on any atom is -0.479 e. The molecule has 4 nitrogen and oxygen atoms in total. The van der Waals surface area contributed by atoms with Crippen molar-refractivity contribution in [2.45, 2.75) is 45.4 Å². The molecule has 0 fully saturated rings. The number of unbranched alkanes of at least 4 members (excludes halogenated alkanes) is 5. The highest BCUT2D eigenvalue weighted by atomic mass is 16.5. The van der Waals surface area contributed by atoms with Crippen LogP contribution in [0.5, 0.6) is 5.88 Å². The second kappa shape index (κ2) is 9.45. The molecule has 0 unspecified atom stereocenters. The Bertz CT molecular complexity index is 380. The van der Waals surface area contributed by atoms with Gasteiger partial charge in [0.25, 0.3) is 0 Å². The highest BCUT2D eigenvalue weighted by Crippen LogP contribution is 2.31. The van der Waals surface area contributed by atoms with Crippen molar-refractivity contribution < 1.29 is 4.74 Å². The van der Waals surface area contributed by atoms with Crippen LogP contribution in [0.2, 0.25) is 0 Å². The highest BCUT2D eigenvalue weighted by molar-refractivity contribution is 5.74. The molecular formula is C16H29N3O. The van der Waals surface area contributed by atoms with E-state index in [0.717, 1.165) is 17.9 Å². The van der Waals surface area contributed by atoms with Gasteiger partial charge in [-0.2, -0.15) is 0 Å².